The van der Waals surface area contributed by atoms with Crippen LogP contribution in [0.25, 0.3) is 11.1 Å². The van der Waals surface area contributed by atoms with Gasteiger partial charge in [-0.2, -0.15) is 0 Å². The van der Waals surface area contributed by atoms with E-state index in [1.807, 2.05) is 25.1 Å². The van der Waals surface area contributed by atoms with Gasteiger partial charge in [0.1, 0.15) is 0 Å². The summed E-state index contributed by atoms with van der Waals surface area (Å²) in [6, 6.07) is 10.2. The fourth-order valence-electron chi connectivity index (χ4n) is 2.18. The summed E-state index contributed by atoms with van der Waals surface area (Å²) in [6.07, 6.45) is 0. The Kier molecular flexibility index (Phi) is 3.96. The van der Waals surface area contributed by atoms with Gasteiger partial charge in [-0.25, -0.2) is 9.59 Å². The molecule has 0 radical (unpaired) electrons. The van der Waals surface area contributed by atoms with Crippen molar-refractivity contribution in [1.29, 1.82) is 0 Å². The molecule has 0 bridgehead atoms. The smallest absolute Gasteiger partial charge is 0.408 e. The van der Waals surface area contributed by atoms with Crippen molar-refractivity contribution in [3.05, 3.63) is 57.0 Å². The van der Waals surface area contributed by atoms with Crippen molar-refractivity contribution in [3.8, 4) is 0 Å². The van der Waals surface area contributed by atoms with E-state index in [-0.39, 0.29) is 6.03 Å². The average Bonchev–Trinajstić information content (AvgIpc) is 2.77. The first-order valence-electron chi connectivity index (χ1n) is 6.88. The lowest BCUT2D eigenvalue weighted by molar-refractivity contribution is 0.262. The highest BCUT2D eigenvalue weighted by Gasteiger charge is 2.09. The molecule has 118 valence electrons. The van der Waals surface area contributed by atoms with Crippen LogP contribution in [0.2, 0.25) is 0 Å². The molecule has 23 heavy (non-hydrogen) atoms. The second kappa shape index (κ2) is 5.92. The number of hydrogen-bond donors (Lipinski definition) is 2. The summed E-state index contributed by atoms with van der Waals surface area (Å²) < 4.78 is 7.42. The average molecular weight is 376 g/mol. The normalized spacial score (nSPS) is 10.7. The van der Waals surface area contributed by atoms with E-state index >= 15 is 0 Å². The number of aromatic nitrogens is 1. The predicted octanol–water partition coefficient (Wildman–Crippen LogP) is 3.85. The van der Waals surface area contributed by atoms with Crippen LogP contribution in [0.1, 0.15) is 5.56 Å². The molecule has 3 aromatic rings. The summed E-state index contributed by atoms with van der Waals surface area (Å²) in [4.78, 5) is 23.5. The van der Waals surface area contributed by atoms with E-state index in [4.69, 9.17) is 4.42 Å². The minimum atomic E-state index is -0.439. The molecule has 3 rings (SSSR count). The van der Waals surface area contributed by atoms with Crippen LogP contribution < -0.4 is 16.4 Å². The summed E-state index contributed by atoms with van der Waals surface area (Å²) in [5.74, 6) is -0.439. The third-order valence-corrected chi connectivity index (χ3v) is 4.33. The Labute approximate surface area is 140 Å². The lowest BCUT2D eigenvalue weighted by Crippen LogP contribution is -2.19. The number of fused-ring (bicyclic) bond motifs is 1. The van der Waals surface area contributed by atoms with Crippen molar-refractivity contribution in [2.75, 3.05) is 10.6 Å². The summed E-state index contributed by atoms with van der Waals surface area (Å²) in [7, 11) is 1.63. The van der Waals surface area contributed by atoms with E-state index in [0.717, 1.165) is 10.0 Å². The Hall–Kier alpha value is -2.54. The number of oxazole rings is 1. The molecule has 0 fully saturated rings. The molecule has 0 spiro atoms. The molecule has 2 amide bonds. The van der Waals surface area contributed by atoms with Gasteiger partial charge in [-0.1, -0.05) is 22.0 Å². The van der Waals surface area contributed by atoms with Gasteiger partial charge in [0.25, 0.3) is 0 Å². The minimum Gasteiger partial charge on any atom is -0.408 e. The number of aryl methyl sites for hydroxylation is 2. The number of halogens is 1. The van der Waals surface area contributed by atoms with E-state index in [1.165, 1.54) is 4.57 Å². The van der Waals surface area contributed by atoms with Crippen LogP contribution in [-0.4, -0.2) is 10.6 Å². The second-order valence-electron chi connectivity index (χ2n) is 5.15. The molecule has 1 aromatic heterocycles. The van der Waals surface area contributed by atoms with Crippen LogP contribution in [0.3, 0.4) is 0 Å². The Morgan fingerprint density at radius 2 is 1.78 bits per heavy atom. The number of anilines is 2. The van der Waals surface area contributed by atoms with Crippen LogP contribution >= 0.6 is 15.9 Å². The van der Waals surface area contributed by atoms with Gasteiger partial charge in [0, 0.05) is 29.0 Å². The Bertz CT molecular complexity index is 959. The first kappa shape index (κ1) is 15.4. The van der Waals surface area contributed by atoms with Gasteiger partial charge in [-0.05, 0) is 36.8 Å². The third-order valence-electron chi connectivity index (χ3n) is 3.48. The Morgan fingerprint density at radius 3 is 2.48 bits per heavy atom. The minimum absolute atomic E-state index is 0.376. The number of rotatable bonds is 2. The third kappa shape index (κ3) is 3.14. The molecule has 0 aliphatic carbocycles. The SMILES string of the molecule is Cc1ccc(NC(=O)Nc2ccc3c(c2)oc(=O)n3C)cc1Br. The topological polar surface area (TPSA) is 76.3 Å². The Morgan fingerprint density at radius 1 is 1.13 bits per heavy atom. The quantitative estimate of drug-likeness (QED) is 0.714. The Balaban J connectivity index is 1.77. The van der Waals surface area contributed by atoms with Crippen molar-refractivity contribution in [2.45, 2.75) is 6.92 Å². The van der Waals surface area contributed by atoms with E-state index in [2.05, 4.69) is 26.6 Å². The van der Waals surface area contributed by atoms with Gasteiger partial charge in [0.15, 0.2) is 5.58 Å². The number of nitrogens with zero attached hydrogens (tertiary/aromatic N) is 1. The standard InChI is InChI=1S/C16H14BrN3O3/c1-9-3-4-10(7-12(9)17)18-15(21)19-11-5-6-13-14(8-11)23-16(22)20(13)2/h3-8H,1-2H3,(H2,18,19,21). The number of nitrogens with one attached hydrogen (secondary N) is 2. The molecule has 0 saturated carbocycles. The molecule has 0 saturated heterocycles. The molecule has 1 heterocycles. The summed E-state index contributed by atoms with van der Waals surface area (Å²) in [6.45, 7) is 1.97. The highest BCUT2D eigenvalue weighted by atomic mass is 79.9. The zero-order valence-corrected chi connectivity index (χ0v) is 14.1. The molecular weight excluding hydrogens is 362 g/mol. The maximum atomic E-state index is 12.1. The zero-order valence-electron chi connectivity index (χ0n) is 12.5. The maximum absolute atomic E-state index is 12.1. The van der Waals surface area contributed by atoms with Crippen molar-refractivity contribution in [3.63, 3.8) is 0 Å². The molecule has 0 atom stereocenters. The first-order chi connectivity index (χ1) is 10.9. The number of benzene rings is 2. The monoisotopic (exact) mass is 375 g/mol. The molecule has 2 aromatic carbocycles. The van der Waals surface area contributed by atoms with Crippen LogP contribution in [0.5, 0.6) is 0 Å². The molecular formula is C16H14BrN3O3. The molecule has 6 nitrogen and oxygen atoms in total. The van der Waals surface area contributed by atoms with Crippen LogP contribution in [0, 0.1) is 6.92 Å². The lowest BCUT2D eigenvalue weighted by atomic mass is 10.2. The fraction of sp³-hybridized carbons (Fsp3) is 0.125. The van der Waals surface area contributed by atoms with Crippen LogP contribution in [-0.2, 0) is 7.05 Å². The van der Waals surface area contributed by atoms with Crippen molar-refractivity contribution in [2.24, 2.45) is 7.05 Å². The van der Waals surface area contributed by atoms with Crippen LogP contribution in [0.15, 0.2) is 50.1 Å². The summed E-state index contributed by atoms with van der Waals surface area (Å²) in [5, 5.41) is 5.45. The van der Waals surface area contributed by atoms with Crippen molar-refractivity contribution >= 4 is 44.4 Å². The van der Waals surface area contributed by atoms with Gasteiger partial charge < -0.3 is 15.1 Å². The van der Waals surface area contributed by atoms with Crippen molar-refractivity contribution < 1.29 is 9.21 Å². The highest BCUT2D eigenvalue weighted by Crippen LogP contribution is 2.21. The molecule has 7 heteroatoms. The zero-order chi connectivity index (χ0) is 16.6. The van der Waals surface area contributed by atoms with Gasteiger partial charge in [0.05, 0.1) is 5.52 Å². The highest BCUT2D eigenvalue weighted by molar-refractivity contribution is 9.10. The van der Waals surface area contributed by atoms with Gasteiger partial charge in [-0.15, -0.1) is 0 Å². The number of hydrogen-bond acceptors (Lipinski definition) is 3. The number of carbonyl (C=O) groups is 1. The predicted molar refractivity (Wildman–Crippen MR) is 93.0 cm³/mol. The molecule has 0 aliphatic heterocycles. The fourth-order valence-corrected chi connectivity index (χ4v) is 2.55. The maximum Gasteiger partial charge on any atom is 0.419 e. The van der Waals surface area contributed by atoms with E-state index in [1.54, 1.807) is 25.2 Å². The van der Waals surface area contributed by atoms with E-state index in [0.29, 0.717) is 22.5 Å². The number of amides is 2. The lowest BCUT2D eigenvalue weighted by Gasteiger charge is -2.09. The molecule has 0 aliphatic rings. The van der Waals surface area contributed by atoms with E-state index < -0.39 is 5.76 Å². The van der Waals surface area contributed by atoms with E-state index in [9.17, 15) is 9.59 Å². The first-order valence-corrected chi connectivity index (χ1v) is 7.67. The van der Waals surface area contributed by atoms with Gasteiger partial charge in [0.2, 0.25) is 0 Å². The summed E-state index contributed by atoms with van der Waals surface area (Å²) >= 11 is 3.42. The van der Waals surface area contributed by atoms with Gasteiger partial charge >= 0.3 is 11.8 Å². The van der Waals surface area contributed by atoms with Crippen LogP contribution in [0.4, 0.5) is 16.2 Å². The molecule has 0 unspecified atom stereocenters. The summed E-state index contributed by atoms with van der Waals surface area (Å²) in [5.41, 5.74) is 3.39. The largest absolute Gasteiger partial charge is 0.419 e. The second-order valence-corrected chi connectivity index (χ2v) is 6.01. The van der Waals surface area contributed by atoms with Crippen molar-refractivity contribution in [1.82, 2.24) is 4.57 Å². The molecule has 2 N–H and O–H groups in total. The number of carbonyl (C=O) groups excluding carboxylic acids is 1. The van der Waals surface area contributed by atoms with Gasteiger partial charge in [-0.3, -0.25) is 4.57 Å². The number of urea groups is 1.